The molecule has 2 aromatic carbocycles. The van der Waals surface area contributed by atoms with E-state index in [1.165, 1.54) is 31.3 Å². The Morgan fingerprint density at radius 2 is 1.58 bits per heavy atom. The van der Waals surface area contributed by atoms with Crippen molar-refractivity contribution in [2.24, 2.45) is 0 Å². The number of carbonyl (C=O) groups is 2. The Balaban J connectivity index is 2.58. The second-order valence-electron chi connectivity index (χ2n) is 4.74. The molecule has 0 aliphatic heterocycles. The van der Waals surface area contributed by atoms with Gasteiger partial charge in [-0.3, -0.25) is 4.31 Å². The third-order valence-corrected chi connectivity index (χ3v) is 5.40. The van der Waals surface area contributed by atoms with Gasteiger partial charge in [0.2, 0.25) is 0 Å². The summed E-state index contributed by atoms with van der Waals surface area (Å²) in [6.07, 6.45) is 0. The van der Waals surface area contributed by atoms with Crippen molar-refractivity contribution < 1.29 is 28.2 Å². The lowest BCUT2D eigenvalue weighted by atomic mass is 10.2. The number of hydrogen-bond donors (Lipinski definition) is 2. The topological polar surface area (TPSA) is 112 Å². The van der Waals surface area contributed by atoms with Crippen LogP contribution < -0.4 is 4.31 Å². The summed E-state index contributed by atoms with van der Waals surface area (Å²) in [5.74, 6) is -2.65. The van der Waals surface area contributed by atoms with Crippen molar-refractivity contribution in [3.05, 3.63) is 58.6 Å². The standard InChI is InChI=1S/C15H12ClNO6S/c1-17(13-5-3-2-4-10(13)14(18)19)24(22,23)9-6-7-12(16)11(8-9)15(20)21/h2-8H,1H3,(H,18,19)(H,20,21). The molecule has 2 N–H and O–H groups in total. The van der Waals surface area contributed by atoms with Crippen LogP contribution in [0, 0.1) is 0 Å². The van der Waals surface area contributed by atoms with Gasteiger partial charge in [0.15, 0.2) is 0 Å². The van der Waals surface area contributed by atoms with E-state index in [4.69, 9.17) is 16.7 Å². The number of hydrogen-bond acceptors (Lipinski definition) is 4. The van der Waals surface area contributed by atoms with Gasteiger partial charge >= 0.3 is 11.9 Å². The van der Waals surface area contributed by atoms with E-state index in [9.17, 15) is 23.1 Å². The highest BCUT2D eigenvalue weighted by atomic mass is 35.5. The Morgan fingerprint density at radius 3 is 2.17 bits per heavy atom. The van der Waals surface area contributed by atoms with Gasteiger partial charge < -0.3 is 10.2 Å². The highest BCUT2D eigenvalue weighted by molar-refractivity contribution is 7.92. The maximum Gasteiger partial charge on any atom is 0.337 e. The molecule has 126 valence electrons. The van der Waals surface area contributed by atoms with Gasteiger partial charge in [-0.2, -0.15) is 0 Å². The van der Waals surface area contributed by atoms with Gasteiger partial charge in [0.1, 0.15) is 0 Å². The number of nitrogens with zero attached hydrogens (tertiary/aromatic N) is 1. The fraction of sp³-hybridized carbons (Fsp3) is 0.0667. The van der Waals surface area contributed by atoms with E-state index in [2.05, 4.69) is 0 Å². The molecule has 0 aromatic heterocycles. The van der Waals surface area contributed by atoms with Gasteiger partial charge in [-0.15, -0.1) is 0 Å². The highest BCUT2D eigenvalue weighted by Crippen LogP contribution is 2.28. The molecule has 7 nitrogen and oxygen atoms in total. The molecule has 0 spiro atoms. The summed E-state index contributed by atoms with van der Waals surface area (Å²) in [7, 11) is -2.99. The van der Waals surface area contributed by atoms with Crippen LogP contribution >= 0.6 is 11.6 Å². The average molecular weight is 370 g/mol. The minimum absolute atomic E-state index is 0.0446. The number of para-hydroxylation sites is 1. The first-order valence-corrected chi connectivity index (χ1v) is 8.32. The summed E-state index contributed by atoms with van der Waals surface area (Å²) in [6.45, 7) is 0. The van der Waals surface area contributed by atoms with Gasteiger partial charge in [-0.05, 0) is 30.3 Å². The Bertz CT molecular complexity index is 925. The molecule has 0 unspecified atom stereocenters. The smallest absolute Gasteiger partial charge is 0.337 e. The molecule has 0 fully saturated rings. The zero-order valence-electron chi connectivity index (χ0n) is 12.3. The van der Waals surface area contributed by atoms with Gasteiger partial charge in [-0.1, -0.05) is 23.7 Å². The molecule has 24 heavy (non-hydrogen) atoms. The van der Waals surface area contributed by atoms with E-state index in [-0.39, 0.29) is 26.7 Å². The number of anilines is 1. The average Bonchev–Trinajstić information content (AvgIpc) is 2.53. The predicted molar refractivity (Wildman–Crippen MR) is 87.4 cm³/mol. The van der Waals surface area contributed by atoms with Crippen LogP contribution in [0.3, 0.4) is 0 Å². The molecular weight excluding hydrogens is 358 g/mol. The number of carboxylic acid groups (broad SMARTS) is 2. The Kier molecular flexibility index (Phi) is 4.81. The van der Waals surface area contributed by atoms with Gasteiger partial charge in [0.25, 0.3) is 10.0 Å². The number of aromatic carboxylic acids is 2. The second-order valence-corrected chi connectivity index (χ2v) is 7.12. The summed E-state index contributed by atoms with van der Waals surface area (Å²) < 4.78 is 26.2. The van der Waals surface area contributed by atoms with E-state index in [1.54, 1.807) is 0 Å². The molecule has 9 heteroatoms. The van der Waals surface area contributed by atoms with E-state index in [0.29, 0.717) is 0 Å². The van der Waals surface area contributed by atoms with Crippen molar-refractivity contribution in [1.29, 1.82) is 0 Å². The molecule has 0 amide bonds. The van der Waals surface area contributed by atoms with E-state index >= 15 is 0 Å². The minimum Gasteiger partial charge on any atom is -0.478 e. The van der Waals surface area contributed by atoms with E-state index in [0.717, 1.165) is 22.5 Å². The minimum atomic E-state index is -4.17. The normalized spacial score (nSPS) is 11.1. The summed E-state index contributed by atoms with van der Waals surface area (Å²) in [6, 6.07) is 8.83. The third-order valence-electron chi connectivity index (χ3n) is 3.30. The molecule has 0 bridgehead atoms. The molecule has 0 radical (unpaired) electrons. The van der Waals surface area contributed by atoms with Crippen LogP contribution in [0.15, 0.2) is 47.4 Å². The fourth-order valence-corrected chi connectivity index (χ4v) is 3.48. The van der Waals surface area contributed by atoms with E-state index in [1.807, 2.05) is 0 Å². The van der Waals surface area contributed by atoms with Crippen LogP contribution in [0.25, 0.3) is 0 Å². The number of carboxylic acids is 2. The van der Waals surface area contributed by atoms with E-state index < -0.39 is 22.0 Å². The molecule has 0 atom stereocenters. The molecule has 2 rings (SSSR count). The van der Waals surface area contributed by atoms with Crippen LogP contribution in [0.5, 0.6) is 0 Å². The summed E-state index contributed by atoms with van der Waals surface area (Å²) in [4.78, 5) is 22.1. The molecule has 0 heterocycles. The van der Waals surface area contributed by atoms with Crippen LogP contribution in [0.2, 0.25) is 5.02 Å². The first kappa shape index (κ1) is 17.8. The summed E-state index contributed by atoms with van der Waals surface area (Å²) in [5.41, 5.74) is -0.606. The maximum absolute atomic E-state index is 12.7. The number of halogens is 1. The van der Waals surface area contributed by atoms with Crippen LogP contribution in [0.4, 0.5) is 5.69 Å². The van der Waals surface area contributed by atoms with Crippen molar-refractivity contribution in [2.75, 3.05) is 11.4 Å². The monoisotopic (exact) mass is 369 g/mol. The van der Waals surface area contributed by atoms with Gasteiger partial charge in [-0.25, -0.2) is 18.0 Å². The number of rotatable bonds is 5. The van der Waals surface area contributed by atoms with Crippen molar-refractivity contribution in [2.45, 2.75) is 4.90 Å². The lowest BCUT2D eigenvalue weighted by Gasteiger charge is -2.21. The van der Waals surface area contributed by atoms with Crippen molar-refractivity contribution >= 4 is 39.3 Å². The first-order chi connectivity index (χ1) is 11.2. The quantitative estimate of drug-likeness (QED) is 0.837. The van der Waals surface area contributed by atoms with Gasteiger partial charge in [0.05, 0.1) is 26.7 Å². The highest BCUT2D eigenvalue weighted by Gasteiger charge is 2.26. The SMILES string of the molecule is CN(c1ccccc1C(=O)O)S(=O)(=O)c1ccc(Cl)c(C(=O)O)c1. The predicted octanol–water partition coefficient (Wildman–Crippen LogP) is 2.56. The van der Waals surface area contributed by atoms with Gasteiger partial charge in [0, 0.05) is 7.05 Å². The number of benzene rings is 2. The molecule has 0 aliphatic rings. The second kappa shape index (κ2) is 6.50. The Morgan fingerprint density at radius 1 is 1.00 bits per heavy atom. The molecular formula is C15H12ClNO6S. The molecule has 2 aromatic rings. The number of sulfonamides is 1. The van der Waals surface area contributed by atoms with Crippen LogP contribution in [-0.4, -0.2) is 37.6 Å². The zero-order valence-corrected chi connectivity index (χ0v) is 13.9. The lowest BCUT2D eigenvalue weighted by Crippen LogP contribution is -2.28. The Hall–Kier alpha value is -2.58. The zero-order chi connectivity index (χ0) is 18.1. The van der Waals surface area contributed by atoms with Crippen molar-refractivity contribution in [3.63, 3.8) is 0 Å². The Labute approximate surface area is 142 Å². The summed E-state index contributed by atoms with van der Waals surface area (Å²) >= 11 is 5.74. The summed E-state index contributed by atoms with van der Waals surface area (Å²) in [5, 5.41) is 18.1. The third kappa shape index (κ3) is 3.19. The molecule has 0 aliphatic carbocycles. The van der Waals surface area contributed by atoms with Crippen LogP contribution in [0.1, 0.15) is 20.7 Å². The molecule has 0 saturated heterocycles. The van der Waals surface area contributed by atoms with Crippen molar-refractivity contribution in [1.82, 2.24) is 0 Å². The van der Waals surface area contributed by atoms with Crippen LogP contribution in [-0.2, 0) is 10.0 Å². The lowest BCUT2D eigenvalue weighted by molar-refractivity contribution is 0.0686. The largest absolute Gasteiger partial charge is 0.478 e. The fourth-order valence-electron chi connectivity index (χ4n) is 2.05. The van der Waals surface area contributed by atoms with Crippen molar-refractivity contribution in [3.8, 4) is 0 Å². The first-order valence-electron chi connectivity index (χ1n) is 6.50. The maximum atomic E-state index is 12.7. The molecule has 0 saturated carbocycles.